The van der Waals surface area contributed by atoms with Crippen LogP contribution in [0.15, 0.2) is 51.6 Å². The smallest absolute Gasteiger partial charge is 0.259 e. The number of aryl methyl sites for hydroxylation is 2. The van der Waals surface area contributed by atoms with Gasteiger partial charge in [-0.05, 0) is 25.1 Å². The number of anilines is 1. The second kappa shape index (κ2) is 9.26. The molecule has 1 fully saturated rings. The number of rotatable bonds is 5. The summed E-state index contributed by atoms with van der Waals surface area (Å²) in [6, 6.07) is 11.2. The molecule has 0 spiro atoms. The minimum absolute atomic E-state index is 0.111. The third kappa shape index (κ3) is 4.14. The standard InChI is InChI=1S/C24H23ClN6O3/c1-3-20-27-23(29-34-20)16-8-9-19(26-14-16)30-10-12-31(13-11-30)24(32)21-15(2)33-28-22(21)17-6-4-5-7-18(17)25/h4-9,14H,3,10-13H2,1-2H3. The lowest BCUT2D eigenvalue weighted by atomic mass is 10.0. The molecule has 0 unspecified atom stereocenters. The summed E-state index contributed by atoms with van der Waals surface area (Å²) >= 11 is 6.34. The summed E-state index contributed by atoms with van der Waals surface area (Å²) in [4.78, 5) is 26.3. The van der Waals surface area contributed by atoms with Crippen LogP contribution in [0.5, 0.6) is 0 Å². The van der Waals surface area contributed by atoms with Crippen LogP contribution in [-0.2, 0) is 6.42 Å². The highest BCUT2D eigenvalue weighted by atomic mass is 35.5. The SMILES string of the molecule is CCc1nc(-c2ccc(N3CCN(C(=O)c4c(-c5ccccc5Cl)noc4C)CC3)nc2)no1. The number of hydrogen-bond donors (Lipinski definition) is 0. The second-order valence-electron chi connectivity index (χ2n) is 7.99. The van der Waals surface area contributed by atoms with E-state index in [1.54, 1.807) is 19.2 Å². The fourth-order valence-corrected chi connectivity index (χ4v) is 4.20. The number of amides is 1. The van der Waals surface area contributed by atoms with E-state index in [4.69, 9.17) is 20.6 Å². The van der Waals surface area contributed by atoms with Crippen molar-refractivity contribution in [1.29, 1.82) is 0 Å². The fourth-order valence-electron chi connectivity index (χ4n) is 3.98. The van der Waals surface area contributed by atoms with Crippen molar-refractivity contribution in [2.45, 2.75) is 20.3 Å². The van der Waals surface area contributed by atoms with E-state index in [1.165, 1.54) is 0 Å². The van der Waals surface area contributed by atoms with Crippen molar-refractivity contribution in [3.63, 3.8) is 0 Å². The highest BCUT2D eigenvalue weighted by Gasteiger charge is 2.29. The number of pyridine rings is 1. The van der Waals surface area contributed by atoms with Gasteiger partial charge >= 0.3 is 0 Å². The zero-order valence-electron chi connectivity index (χ0n) is 18.9. The van der Waals surface area contributed by atoms with Crippen molar-refractivity contribution in [2.75, 3.05) is 31.1 Å². The molecule has 0 atom stereocenters. The summed E-state index contributed by atoms with van der Waals surface area (Å²) in [5.41, 5.74) is 2.41. The Hall–Kier alpha value is -3.72. The molecule has 3 aromatic heterocycles. The molecule has 1 amide bonds. The molecule has 0 saturated carbocycles. The maximum Gasteiger partial charge on any atom is 0.259 e. The Kier molecular flexibility index (Phi) is 6.02. The quantitative estimate of drug-likeness (QED) is 0.419. The van der Waals surface area contributed by atoms with Gasteiger partial charge in [-0.2, -0.15) is 4.98 Å². The number of nitrogens with zero attached hydrogens (tertiary/aromatic N) is 6. The molecule has 0 bridgehead atoms. The van der Waals surface area contributed by atoms with Gasteiger partial charge < -0.3 is 18.8 Å². The highest BCUT2D eigenvalue weighted by molar-refractivity contribution is 6.33. The number of hydrogen-bond acceptors (Lipinski definition) is 8. The van der Waals surface area contributed by atoms with Crippen molar-refractivity contribution < 1.29 is 13.8 Å². The monoisotopic (exact) mass is 478 g/mol. The van der Waals surface area contributed by atoms with Gasteiger partial charge in [-0.25, -0.2) is 4.98 Å². The molecular formula is C24H23ClN6O3. The molecule has 0 radical (unpaired) electrons. The van der Waals surface area contributed by atoms with Gasteiger partial charge in [0.25, 0.3) is 5.91 Å². The van der Waals surface area contributed by atoms with Crippen molar-refractivity contribution >= 4 is 23.3 Å². The van der Waals surface area contributed by atoms with Crippen molar-refractivity contribution in [2.24, 2.45) is 0 Å². The van der Waals surface area contributed by atoms with Crippen molar-refractivity contribution in [3.05, 3.63) is 64.8 Å². The lowest BCUT2D eigenvalue weighted by Crippen LogP contribution is -2.49. The molecule has 1 aliphatic rings. The zero-order valence-corrected chi connectivity index (χ0v) is 19.6. The van der Waals surface area contributed by atoms with E-state index < -0.39 is 0 Å². The summed E-state index contributed by atoms with van der Waals surface area (Å²) in [5.74, 6) is 2.34. The van der Waals surface area contributed by atoms with Gasteiger partial charge in [-0.15, -0.1) is 0 Å². The first-order valence-corrected chi connectivity index (χ1v) is 11.5. The largest absolute Gasteiger partial charge is 0.360 e. The van der Waals surface area contributed by atoms with Crippen LogP contribution < -0.4 is 4.90 Å². The van der Waals surface area contributed by atoms with Crippen LogP contribution in [0.2, 0.25) is 5.02 Å². The van der Waals surface area contributed by atoms with Gasteiger partial charge in [0.2, 0.25) is 11.7 Å². The van der Waals surface area contributed by atoms with E-state index in [-0.39, 0.29) is 5.91 Å². The summed E-state index contributed by atoms with van der Waals surface area (Å²) in [6.07, 6.45) is 2.43. The molecule has 0 N–H and O–H groups in total. The molecule has 1 aliphatic heterocycles. The van der Waals surface area contributed by atoms with Crippen LogP contribution >= 0.6 is 11.6 Å². The summed E-state index contributed by atoms with van der Waals surface area (Å²) < 4.78 is 10.5. The maximum absolute atomic E-state index is 13.4. The van der Waals surface area contributed by atoms with Gasteiger partial charge in [-0.3, -0.25) is 4.79 Å². The van der Waals surface area contributed by atoms with Crippen molar-refractivity contribution in [3.8, 4) is 22.6 Å². The lowest BCUT2D eigenvalue weighted by Gasteiger charge is -2.35. The normalized spacial score (nSPS) is 14.0. The van der Waals surface area contributed by atoms with Crippen LogP contribution in [0, 0.1) is 6.92 Å². The van der Waals surface area contributed by atoms with Gasteiger partial charge in [0.05, 0.1) is 5.02 Å². The van der Waals surface area contributed by atoms with E-state index in [0.29, 0.717) is 71.9 Å². The van der Waals surface area contributed by atoms with E-state index in [1.807, 2.05) is 42.2 Å². The molecule has 9 nitrogen and oxygen atoms in total. The molecule has 34 heavy (non-hydrogen) atoms. The highest BCUT2D eigenvalue weighted by Crippen LogP contribution is 2.32. The van der Waals surface area contributed by atoms with Crippen LogP contribution in [0.3, 0.4) is 0 Å². The first-order chi connectivity index (χ1) is 16.5. The first kappa shape index (κ1) is 22.1. The Balaban J connectivity index is 1.28. The van der Waals surface area contributed by atoms with E-state index in [0.717, 1.165) is 11.4 Å². The molecular weight excluding hydrogens is 456 g/mol. The molecule has 4 heterocycles. The van der Waals surface area contributed by atoms with Gasteiger partial charge in [-0.1, -0.05) is 47.0 Å². The topological polar surface area (TPSA) is 101 Å². The Bertz CT molecular complexity index is 1310. The van der Waals surface area contributed by atoms with E-state index in [2.05, 4.69) is 25.2 Å². The predicted octanol–water partition coefficient (Wildman–Crippen LogP) is 4.27. The summed E-state index contributed by atoms with van der Waals surface area (Å²) in [5, 5.41) is 8.63. The van der Waals surface area contributed by atoms with Crippen LogP contribution in [-0.4, -0.2) is 57.3 Å². The lowest BCUT2D eigenvalue weighted by molar-refractivity contribution is 0.0745. The molecule has 174 valence electrons. The van der Waals surface area contributed by atoms with E-state index >= 15 is 0 Å². The summed E-state index contributed by atoms with van der Waals surface area (Å²) in [7, 11) is 0. The maximum atomic E-state index is 13.4. The van der Waals surface area contributed by atoms with Gasteiger partial charge in [0, 0.05) is 49.9 Å². The Labute approximate surface area is 201 Å². The van der Waals surface area contributed by atoms with Gasteiger partial charge in [0.15, 0.2) is 0 Å². The summed E-state index contributed by atoms with van der Waals surface area (Å²) in [6.45, 7) is 6.14. The number of carbonyl (C=O) groups excluding carboxylic acids is 1. The minimum Gasteiger partial charge on any atom is -0.360 e. The third-order valence-electron chi connectivity index (χ3n) is 5.87. The van der Waals surface area contributed by atoms with Crippen LogP contribution in [0.25, 0.3) is 22.6 Å². The average Bonchev–Trinajstić information content (AvgIpc) is 3.51. The van der Waals surface area contributed by atoms with E-state index in [9.17, 15) is 4.79 Å². The number of carbonyl (C=O) groups is 1. The Morgan fingerprint density at radius 2 is 1.85 bits per heavy atom. The molecule has 5 rings (SSSR count). The van der Waals surface area contributed by atoms with Gasteiger partial charge in [0.1, 0.15) is 22.8 Å². The number of halogens is 1. The van der Waals surface area contributed by atoms with Crippen molar-refractivity contribution in [1.82, 2.24) is 25.2 Å². The molecule has 10 heteroatoms. The average molecular weight is 479 g/mol. The Morgan fingerprint density at radius 1 is 1.06 bits per heavy atom. The molecule has 0 aliphatic carbocycles. The molecule has 1 aromatic carbocycles. The first-order valence-electron chi connectivity index (χ1n) is 11.1. The molecule has 1 saturated heterocycles. The number of piperazine rings is 1. The zero-order chi connectivity index (χ0) is 23.7. The van der Waals surface area contributed by atoms with Crippen LogP contribution in [0.4, 0.5) is 5.82 Å². The third-order valence-corrected chi connectivity index (χ3v) is 6.20. The predicted molar refractivity (Wildman–Crippen MR) is 127 cm³/mol. The minimum atomic E-state index is -0.111. The Morgan fingerprint density at radius 3 is 2.53 bits per heavy atom. The van der Waals surface area contributed by atoms with Crippen LogP contribution in [0.1, 0.15) is 28.9 Å². The second-order valence-corrected chi connectivity index (χ2v) is 8.40. The fraction of sp³-hybridized carbons (Fsp3) is 0.292. The number of aromatic nitrogens is 4. The number of benzene rings is 1. The molecule has 4 aromatic rings.